The summed E-state index contributed by atoms with van der Waals surface area (Å²) in [6, 6.07) is 9.27. The Kier molecular flexibility index (Phi) is 4.13. The Morgan fingerprint density at radius 3 is 2.35 bits per heavy atom. The average Bonchev–Trinajstić information content (AvgIpc) is 3.48. The van der Waals surface area contributed by atoms with Crippen LogP contribution < -0.4 is 5.32 Å². The smallest absolute Gasteiger partial charge is 0.321 e. The van der Waals surface area contributed by atoms with Gasteiger partial charge in [0, 0.05) is 30.7 Å². The van der Waals surface area contributed by atoms with Crippen LogP contribution in [0.4, 0.5) is 10.5 Å². The van der Waals surface area contributed by atoms with Crippen LogP contribution in [-0.2, 0) is 9.59 Å². The van der Waals surface area contributed by atoms with E-state index in [2.05, 4.69) is 22.5 Å². The highest BCUT2D eigenvalue weighted by atomic mass is 16.2. The molecular weight excluding hydrogens is 392 g/mol. The number of likely N-dealkylation sites (tertiary alicyclic amines) is 2. The van der Waals surface area contributed by atoms with Crippen molar-refractivity contribution in [1.29, 1.82) is 0 Å². The summed E-state index contributed by atoms with van der Waals surface area (Å²) in [7, 11) is 0. The zero-order valence-corrected chi connectivity index (χ0v) is 17.1. The van der Waals surface area contributed by atoms with Gasteiger partial charge in [0.25, 0.3) is 0 Å². The molecule has 1 N–H and O–H groups in total. The van der Waals surface area contributed by atoms with E-state index in [1.54, 1.807) is 16.0 Å². The predicted octanol–water partition coefficient (Wildman–Crippen LogP) is 3.04. The fraction of sp³-hybridized carbons (Fsp3) is 0.417. The molecule has 31 heavy (non-hydrogen) atoms. The average molecular weight is 416 g/mol. The van der Waals surface area contributed by atoms with E-state index in [-0.39, 0.29) is 47.6 Å². The number of hydrogen-bond donors (Lipinski definition) is 1. The number of para-hydroxylation sites is 1. The lowest BCUT2D eigenvalue weighted by Crippen LogP contribution is -2.50. The number of fused-ring (bicyclic) bond motifs is 6. The van der Waals surface area contributed by atoms with Crippen molar-refractivity contribution in [2.24, 2.45) is 23.7 Å². The minimum atomic E-state index is -0.171. The summed E-state index contributed by atoms with van der Waals surface area (Å²) in [4.78, 5) is 46.6. The van der Waals surface area contributed by atoms with E-state index in [1.807, 2.05) is 30.3 Å². The molecular formula is C24H24N4O3. The summed E-state index contributed by atoms with van der Waals surface area (Å²) in [5, 5.41) is 3.95. The van der Waals surface area contributed by atoms with Crippen molar-refractivity contribution in [2.45, 2.75) is 25.3 Å². The lowest BCUT2D eigenvalue weighted by atomic mass is 9.85. The van der Waals surface area contributed by atoms with E-state index in [0.717, 1.165) is 17.3 Å². The molecule has 4 atom stereocenters. The van der Waals surface area contributed by atoms with E-state index in [0.29, 0.717) is 31.6 Å². The number of pyridine rings is 1. The number of urea groups is 1. The number of anilines is 1. The maximum Gasteiger partial charge on any atom is 0.321 e. The Labute approximate surface area is 180 Å². The molecule has 1 aromatic heterocycles. The normalized spacial score (nSPS) is 29.8. The maximum atomic E-state index is 13.0. The van der Waals surface area contributed by atoms with Gasteiger partial charge in [-0.2, -0.15) is 0 Å². The van der Waals surface area contributed by atoms with Crippen LogP contribution in [0.3, 0.4) is 0 Å². The molecule has 3 fully saturated rings. The number of nitrogens with one attached hydrogen (secondary N) is 1. The summed E-state index contributed by atoms with van der Waals surface area (Å²) in [5.74, 6) is 0.187. The SMILES string of the molecule is O=C(Nc1cccc2cccnc12)N1CCC(N2C(=O)[C@@H]3[C@H](C2=O)[C@@H]2C=C[C@H]3C2)CC1. The zero-order valence-electron chi connectivity index (χ0n) is 17.1. The van der Waals surface area contributed by atoms with Gasteiger partial charge in [0.2, 0.25) is 11.8 Å². The summed E-state index contributed by atoms with van der Waals surface area (Å²) in [5.41, 5.74) is 1.45. The second-order valence-electron chi connectivity index (χ2n) is 9.08. The maximum absolute atomic E-state index is 13.0. The van der Waals surface area contributed by atoms with Crippen LogP contribution >= 0.6 is 0 Å². The Hall–Kier alpha value is -3.22. The first-order valence-corrected chi connectivity index (χ1v) is 11.1. The molecule has 7 heteroatoms. The molecule has 2 aromatic rings. The first-order valence-electron chi connectivity index (χ1n) is 11.1. The lowest BCUT2D eigenvalue weighted by molar-refractivity contribution is -0.144. The molecule has 1 aromatic carbocycles. The fourth-order valence-corrected chi connectivity index (χ4v) is 6.01. The first kappa shape index (κ1) is 18.5. The van der Waals surface area contributed by atoms with Gasteiger partial charge in [0.1, 0.15) is 0 Å². The number of allylic oxidation sites excluding steroid dienone is 2. The number of piperidine rings is 1. The van der Waals surface area contributed by atoms with Crippen LogP contribution in [0.25, 0.3) is 10.9 Å². The molecule has 4 aliphatic rings. The number of aromatic nitrogens is 1. The van der Waals surface area contributed by atoms with Crippen molar-refractivity contribution < 1.29 is 14.4 Å². The van der Waals surface area contributed by atoms with Gasteiger partial charge < -0.3 is 10.2 Å². The van der Waals surface area contributed by atoms with Crippen LogP contribution in [0.1, 0.15) is 19.3 Å². The molecule has 0 radical (unpaired) electrons. The van der Waals surface area contributed by atoms with Crippen molar-refractivity contribution in [3.8, 4) is 0 Å². The highest BCUT2D eigenvalue weighted by molar-refractivity contribution is 6.06. The Morgan fingerprint density at radius 1 is 0.968 bits per heavy atom. The number of imide groups is 1. The second kappa shape index (κ2) is 6.90. The van der Waals surface area contributed by atoms with Crippen LogP contribution in [0, 0.1) is 23.7 Å². The molecule has 2 saturated heterocycles. The predicted molar refractivity (Wildman–Crippen MR) is 115 cm³/mol. The summed E-state index contributed by atoms with van der Waals surface area (Å²) < 4.78 is 0. The van der Waals surface area contributed by atoms with E-state index < -0.39 is 0 Å². The van der Waals surface area contributed by atoms with E-state index >= 15 is 0 Å². The third-order valence-electron chi connectivity index (χ3n) is 7.50. The number of rotatable bonds is 2. The van der Waals surface area contributed by atoms with Crippen LogP contribution in [0.2, 0.25) is 0 Å². The van der Waals surface area contributed by atoms with Crippen LogP contribution in [0.5, 0.6) is 0 Å². The molecule has 6 rings (SSSR count). The lowest BCUT2D eigenvalue weighted by Gasteiger charge is -2.36. The van der Waals surface area contributed by atoms with Gasteiger partial charge in [-0.1, -0.05) is 30.4 Å². The molecule has 1 saturated carbocycles. The van der Waals surface area contributed by atoms with Crippen molar-refractivity contribution in [3.63, 3.8) is 0 Å². The molecule has 7 nitrogen and oxygen atoms in total. The van der Waals surface area contributed by atoms with Gasteiger partial charge in [-0.05, 0) is 43.2 Å². The molecule has 2 aliphatic heterocycles. The van der Waals surface area contributed by atoms with Gasteiger partial charge >= 0.3 is 6.03 Å². The van der Waals surface area contributed by atoms with Gasteiger partial charge in [0.05, 0.1) is 23.0 Å². The molecule has 3 heterocycles. The highest BCUT2D eigenvalue weighted by Gasteiger charge is 2.60. The largest absolute Gasteiger partial charge is 0.324 e. The van der Waals surface area contributed by atoms with Crippen molar-refractivity contribution in [3.05, 3.63) is 48.7 Å². The molecule has 0 unspecified atom stereocenters. The number of nitrogens with zero attached hydrogens (tertiary/aromatic N) is 3. The van der Waals surface area contributed by atoms with Gasteiger partial charge in [0.15, 0.2) is 0 Å². The minimum Gasteiger partial charge on any atom is -0.324 e. The molecule has 2 bridgehead atoms. The Morgan fingerprint density at radius 2 is 1.65 bits per heavy atom. The standard InChI is InChI=1S/C24H24N4O3/c29-22-19-15-6-7-16(13-15)20(19)23(30)28(22)17-8-11-27(12-9-17)24(31)26-18-5-1-3-14-4-2-10-25-21(14)18/h1-7,10,15-17,19-20H,8-9,11-13H2,(H,26,31)/t15-,16+,19-,20+. The Balaban J connectivity index is 1.12. The number of benzene rings is 1. The van der Waals surface area contributed by atoms with Crippen LogP contribution in [0.15, 0.2) is 48.7 Å². The van der Waals surface area contributed by atoms with Gasteiger partial charge in [-0.3, -0.25) is 19.5 Å². The quantitative estimate of drug-likeness (QED) is 0.603. The first-order chi connectivity index (χ1) is 15.1. The van der Waals surface area contributed by atoms with Crippen molar-refractivity contribution in [1.82, 2.24) is 14.8 Å². The van der Waals surface area contributed by atoms with Gasteiger partial charge in [-0.15, -0.1) is 0 Å². The van der Waals surface area contributed by atoms with E-state index in [1.165, 1.54) is 0 Å². The molecule has 2 aliphatic carbocycles. The number of hydrogen-bond acceptors (Lipinski definition) is 4. The number of carbonyl (C=O) groups is 3. The molecule has 158 valence electrons. The van der Waals surface area contributed by atoms with E-state index in [9.17, 15) is 14.4 Å². The van der Waals surface area contributed by atoms with Crippen LogP contribution in [-0.4, -0.2) is 51.8 Å². The van der Waals surface area contributed by atoms with Gasteiger partial charge in [-0.25, -0.2) is 4.79 Å². The number of amides is 4. The molecule has 4 amide bonds. The number of carbonyl (C=O) groups excluding carboxylic acids is 3. The monoisotopic (exact) mass is 416 g/mol. The third-order valence-corrected chi connectivity index (χ3v) is 7.50. The zero-order chi connectivity index (χ0) is 21.1. The summed E-state index contributed by atoms with van der Waals surface area (Å²) >= 11 is 0. The highest BCUT2D eigenvalue weighted by Crippen LogP contribution is 2.53. The van der Waals surface area contributed by atoms with Crippen molar-refractivity contribution >= 4 is 34.4 Å². The second-order valence-corrected chi connectivity index (χ2v) is 9.08. The van der Waals surface area contributed by atoms with E-state index in [4.69, 9.17) is 0 Å². The third kappa shape index (κ3) is 2.79. The summed E-state index contributed by atoms with van der Waals surface area (Å²) in [6.07, 6.45) is 8.15. The fourth-order valence-electron chi connectivity index (χ4n) is 6.01. The molecule has 0 spiro atoms. The Bertz CT molecular complexity index is 1090. The summed E-state index contributed by atoms with van der Waals surface area (Å²) in [6.45, 7) is 1.04. The van der Waals surface area contributed by atoms with Crippen molar-refractivity contribution in [2.75, 3.05) is 18.4 Å². The minimum absolute atomic E-state index is 0.0107. The topological polar surface area (TPSA) is 82.6 Å².